The summed E-state index contributed by atoms with van der Waals surface area (Å²) in [7, 11) is 0. The van der Waals surface area contributed by atoms with E-state index in [1.54, 1.807) is 6.92 Å². The van der Waals surface area contributed by atoms with E-state index in [-0.39, 0.29) is 12.3 Å². The lowest BCUT2D eigenvalue weighted by atomic mass is 10.1. The fraction of sp³-hybridized carbons (Fsp3) is 0.556. The third kappa shape index (κ3) is 5.90. The van der Waals surface area contributed by atoms with E-state index >= 15 is 0 Å². The highest BCUT2D eigenvalue weighted by molar-refractivity contribution is 5.77. The van der Waals surface area contributed by atoms with Crippen LogP contribution < -0.4 is 5.32 Å². The zero-order valence-corrected chi connectivity index (χ0v) is 7.75. The number of hydrogen-bond donors (Lipinski definition) is 2. The van der Waals surface area contributed by atoms with E-state index in [0.717, 1.165) is 0 Å². The Morgan fingerprint density at radius 3 is 2.69 bits per heavy atom. The molecular weight excluding hydrogens is 170 g/mol. The number of carbonyl (C=O) groups is 2. The predicted molar refractivity (Wildman–Crippen MR) is 49.2 cm³/mol. The Bertz CT molecular complexity index is 201. The molecule has 0 aliphatic rings. The number of nitrogens with one attached hydrogen (secondary N) is 1. The van der Waals surface area contributed by atoms with Gasteiger partial charge in [-0.3, -0.25) is 9.59 Å². The first-order valence-electron chi connectivity index (χ1n) is 4.18. The highest BCUT2D eigenvalue weighted by Crippen LogP contribution is 1.99. The fourth-order valence-electron chi connectivity index (χ4n) is 0.755. The molecule has 0 aromatic heterocycles. The Morgan fingerprint density at radius 1 is 1.62 bits per heavy atom. The minimum absolute atomic E-state index is 0.118. The molecule has 0 saturated carbocycles. The van der Waals surface area contributed by atoms with Crippen LogP contribution in [0.2, 0.25) is 0 Å². The zero-order chi connectivity index (χ0) is 10.3. The van der Waals surface area contributed by atoms with Gasteiger partial charge in [-0.05, 0) is 6.42 Å². The van der Waals surface area contributed by atoms with Crippen molar-refractivity contribution in [2.24, 2.45) is 5.92 Å². The molecule has 0 radical (unpaired) electrons. The van der Waals surface area contributed by atoms with Gasteiger partial charge in [0, 0.05) is 13.0 Å². The van der Waals surface area contributed by atoms with Crippen LogP contribution in [0.3, 0.4) is 0 Å². The molecule has 0 aliphatic carbocycles. The molecule has 0 bridgehead atoms. The lowest BCUT2D eigenvalue weighted by Crippen LogP contribution is -2.26. The number of rotatable bonds is 6. The van der Waals surface area contributed by atoms with Crippen molar-refractivity contribution in [3.8, 4) is 0 Å². The van der Waals surface area contributed by atoms with Crippen molar-refractivity contribution in [2.45, 2.75) is 19.8 Å². The maximum absolute atomic E-state index is 10.9. The van der Waals surface area contributed by atoms with Crippen LogP contribution in [0.25, 0.3) is 0 Å². The third-order valence-corrected chi connectivity index (χ3v) is 1.65. The summed E-state index contributed by atoms with van der Waals surface area (Å²) < 4.78 is 0. The molecule has 0 heterocycles. The molecule has 74 valence electrons. The van der Waals surface area contributed by atoms with Gasteiger partial charge >= 0.3 is 5.97 Å². The molecule has 0 aromatic carbocycles. The molecule has 0 saturated heterocycles. The molecule has 13 heavy (non-hydrogen) atoms. The highest BCUT2D eigenvalue weighted by Gasteiger charge is 2.10. The van der Waals surface area contributed by atoms with Gasteiger partial charge in [0.25, 0.3) is 0 Å². The van der Waals surface area contributed by atoms with Crippen molar-refractivity contribution in [3.05, 3.63) is 12.7 Å². The highest BCUT2D eigenvalue weighted by atomic mass is 16.4. The number of carbonyl (C=O) groups excluding carboxylic acids is 1. The second-order valence-corrected chi connectivity index (χ2v) is 2.87. The summed E-state index contributed by atoms with van der Waals surface area (Å²) in [6.07, 6.45) is 2.25. The average Bonchev–Trinajstić information content (AvgIpc) is 2.04. The van der Waals surface area contributed by atoms with Gasteiger partial charge in [-0.25, -0.2) is 0 Å². The van der Waals surface area contributed by atoms with Crippen LogP contribution in [0.1, 0.15) is 19.8 Å². The standard InChI is InChI=1S/C9H15NO3/c1-3-4-8(11)10-6-5-7(2)9(12)13/h3,7H,1,4-6H2,2H3,(H,10,11)(H,12,13). The van der Waals surface area contributed by atoms with Gasteiger partial charge < -0.3 is 10.4 Å². The summed E-state index contributed by atoms with van der Waals surface area (Å²) in [5.74, 6) is -1.37. The average molecular weight is 185 g/mol. The summed E-state index contributed by atoms with van der Waals surface area (Å²) in [5.41, 5.74) is 0. The quantitative estimate of drug-likeness (QED) is 0.601. The van der Waals surface area contributed by atoms with Crippen molar-refractivity contribution in [2.75, 3.05) is 6.54 Å². The third-order valence-electron chi connectivity index (χ3n) is 1.65. The van der Waals surface area contributed by atoms with Crippen LogP contribution in [0.15, 0.2) is 12.7 Å². The minimum Gasteiger partial charge on any atom is -0.481 e. The number of aliphatic carboxylic acids is 1. The first kappa shape index (κ1) is 11.7. The van der Waals surface area contributed by atoms with Crippen molar-refractivity contribution >= 4 is 11.9 Å². The van der Waals surface area contributed by atoms with E-state index in [1.165, 1.54) is 6.08 Å². The monoisotopic (exact) mass is 185 g/mol. The Balaban J connectivity index is 3.50. The Kier molecular flexibility index (Phi) is 5.59. The van der Waals surface area contributed by atoms with Crippen molar-refractivity contribution in [3.63, 3.8) is 0 Å². The second-order valence-electron chi connectivity index (χ2n) is 2.87. The van der Waals surface area contributed by atoms with Gasteiger partial charge in [0.05, 0.1) is 5.92 Å². The predicted octanol–water partition coefficient (Wildman–Crippen LogP) is 0.790. The summed E-state index contributed by atoms with van der Waals surface area (Å²) in [4.78, 5) is 21.2. The maximum atomic E-state index is 10.9. The van der Waals surface area contributed by atoms with E-state index in [9.17, 15) is 9.59 Å². The van der Waals surface area contributed by atoms with E-state index in [4.69, 9.17) is 5.11 Å². The van der Waals surface area contributed by atoms with Gasteiger partial charge in [0.15, 0.2) is 0 Å². The number of hydrogen-bond acceptors (Lipinski definition) is 2. The number of carboxylic acids is 1. The molecule has 4 heteroatoms. The van der Waals surface area contributed by atoms with Crippen LogP contribution in [0.5, 0.6) is 0 Å². The molecule has 0 fully saturated rings. The van der Waals surface area contributed by atoms with Crippen LogP contribution in [0.4, 0.5) is 0 Å². The topological polar surface area (TPSA) is 66.4 Å². The van der Waals surface area contributed by atoms with E-state index in [2.05, 4.69) is 11.9 Å². The Hall–Kier alpha value is -1.32. The maximum Gasteiger partial charge on any atom is 0.306 e. The van der Waals surface area contributed by atoms with Crippen LogP contribution >= 0.6 is 0 Å². The molecule has 0 rings (SSSR count). The largest absolute Gasteiger partial charge is 0.481 e. The van der Waals surface area contributed by atoms with Crippen LogP contribution in [-0.4, -0.2) is 23.5 Å². The first-order valence-corrected chi connectivity index (χ1v) is 4.18. The summed E-state index contributed by atoms with van der Waals surface area (Å²) in [5, 5.41) is 11.1. The second kappa shape index (κ2) is 6.22. The number of carboxylic acid groups (broad SMARTS) is 1. The Morgan fingerprint density at radius 2 is 2.23 bits per heavy atom. The molecule has 0 spiro atoms. The fourth-order valence-corrected chi connectivity index (χ4v) is 0.755. The lowest BCUT2D eigenvalue weighted by molar-refractivity contribution is -0.141. The molecule has 1 unspecified atom stereocenters. The molecule has 2 N–H and O–H groups in total. The molecule has 0 aromatic rings. The summed E-state index contributed by atoms with van der Waals surface area (Å²) in [6, 6.07) is 0. The SMILES string of the molecule is C=CCC(=O)NCCC(C)C(=O)O. The lowest BCUT2D eigenvalue weighted by Gasteiger charge is -2.06. The minimum atomic E-state index is -0.835. The van der Waals surface area contributed by atoms with Crippen molar-refractivity contribution in [1.82, 2.24) is 5.32 Å². The summed E-state index contributed by atoms with van der Waals surface area (Å²) >= 11 is 0. The number of amides is 1. The molecule has 1 atom stereocenters. The van der Waals surface area contributed by atoms with E-state index in [0.29, 0.717) is 13.0 Å². The molecule has 1 amide bonds. The smallest absolute Gasteiger partial charge is 0.306 e. The summed E-state index contributed by atoms with van der Waals surface area (Å²) in [6.45, 7) is 5.43. The van der Waals surface area contributed by atoms with E-state index in [1.807, 2.05) is 0 Å². The van der Waals surface area contributed by atoms with Crippen LogP contribution in [-0.2, 0) is 9.59 Å². The van der Waals surface area contributed by atoms with Gasteiger partial charge in [0.2, 0.25) is 5.91 Å². The first-order chi connectivity index (χ1) is 6.07. The molecule has 0 aliphatic heterocycles. The van der Waals surface area contributed by atoms with Gasteiger partial charge in [-0.15, -0.1) is 6.58 Å². The van der Waals surface area contributed by atoms with Gasteiger partial charge in [-0.1, -0.05) is 13.0 Å². The van der Waals surface area contributed by atoms with E-state index < -0.39 is 11.9 Å². The van der Waals surface area contributed by atoms with Gasteiger partial charge in [0.1, 0.15) is 0 Å². The zero-order valence-electron chi connectivity index (χ0n) is 7.75. The Labute approximate surface area is 77.6 Å². The van der Waals surface area contributed by atoms with Crippen molar-refractivity contribution in [1.29, 1.82) is 0 Å². The normalized spacial score (nSPS) is 11.8. The molecular formula is C9H15NO3. The van der Waals surface area contributed by atoms with Crippen molar-refractivity contribution < 1.29 is 14.7 Å². The van der Waals surface area contributed by atoms with Gasteiger partial charge in [-0.2, -0.15) is 0 Å². The molecule has 4 nitrogen and oxygen atoms in total. The van der Waals surface area contributed by atoms with Crippen LogP contribution in [0, 0.1) is 5.92 Å².